The van der Waals surface area contributed by atoms with E-state index >= 15 is 0 Å². The van der Waals surface area contributed by atoms with Crippen LogP contribution in [0, 0.1) is 5.92 Å². The zero-order valence-corrected chi connectivity index (χ0v) is 10.9. The van der Waals surface area contributed by atoms with Crippen LogP contribution in [0.2, 0.25) is 0 Å². The minimum Gasteiger partial charge on any atom is -0.497 e. The lowest BCUT2D eigenvalue weighted by atomic mass is 9.88. The van der Waals surface area contributed by atoms with Crippen LogP contribution in [0.3, 0.4) is 0 Å². The Bertz CT molecular complexity index is 340. The summed E-state index contributed by atoms with van der Waals surface area (Å²) in [5.41, 5.74) is 7.44. The Morgan fingerprint density at radius 3 is 2.71 bits per heavy atom. The summed E-state index contributed by atoms with van der Waals surface area (Å²) in [5.74, 6) is 1.40. The Morgan fingerprint density at radius 2 is 2.06 bits per heavy atom. The van der Waals surface area contributed by atoms with Gasteiger partial charge in [0.2, 0.25) is 0 Å². The minimum atomic E-state index is 0. The number of benzene rings is 1. The number of halogens is 1. The molecule has 1 aromatic carbocycles. The first-order chi connectivity index (χ1) is 7.81. The normalized spacial score (nSPS) is 18.2. The number of rotatable bonds is 3. The average Bonchev–Trinajstić information content (AvgIpc) is 2.39. The summed E-state index contributed by atoms with van der Waals surface area (Å²) < 4.78 is 10.6. The first-order valence-electron chi connectivity index (χ1n) is 5.78. The molecule has 3 nitrogen and oxygen atoms in total. The van der Waals surface area contributed by atoms with Gasteiger partial charge in [0.05, 0.1) is 7.11 Å². The van der Waals surface area contributed by atoms with Crippen LogP contribution in [0.5, 0.6) is 5.75 Å². The van der Waals surface area contributed by atoms with E-state index in [1.165, 1.54) is 0 Å². The van der Waals surface area contributed by atoms with Gasteiger partial charge in [-0.25, -0.2) is 0 Å². The van der Waals surface area contributed by atoms with E-state index < -0.39 is 0 Å². The average molecular weight is 258 g/mol. The maximum absolute atomic E-state index is 6.28. The third-order valence-electron chi connectivity index (χ3n) is 3.25. The van der Waals surface area contributed by atoms with Crippen LogP contribution in [-0.4, -0.2) is 20.3 Å². The third-order valence-corrected chi connectivity index (χ3v) is 3.25. The SMILES string of the molecule is COc1cccc([C@@H](N)C2CCOCC2)c1.Cl. The molecule has 1 aliphatic heterocycles. The van der Waals surface area contributed by atoms with Crippen LogP contribution in [0.25, 0.3) is 0 Å². The van der Waals surface area contributed by atoms with Crippen molar-refractivity contribution in [2.24, 2.45) is 11.7 Å². The molecule has 1 atom stereocenters. The highest BCUT2D eigenvalue weighted by Crippen LogP contribution is 2.29. The first kappa shape index (κ1) is 14.3. The highest BCUT2D eigenvalue weighted by Gasteiger charge is 2.22. The van der Waals surface area contributed by atoms with Crippen LogP contribution in [0.1, 0.15) is 24.4 Å². The fourth-order valence-corrected chi connectivity index (χ4v) is 2.20. The van der Waals surface area contributed by atoms with Crippen molar-refractivity contribution in [1.82, 2.24) is 0 Å². The van der Waals surface area contributed by atoms with Crippen molar-refractivity contribution in [2.45, 2.75) is 18.9 Å². The van der Waals surface area contributed by atoms with Gasteiger partial charge >= 0.3 is 0 Å². The van der Waals surface area contributed by atoms with Crippen LogP contribution in [0.4, 0.5) is 0 Å². The number of hydrogen-bond donors (Lipinski definition) is 1. The van der Waals surface area contributed by atoms with Crippen LogP contribution < -0.4 is 10.5 Å². The van der Waals surface area contributed by atoms with Crippen molar-refractivity contribution in [3.8, 4) is 5.75 Å². The molecule has 2 rings (SSSR count). The number of hydrogen-bond acceptors (Lipinski definition) is 3. The maximum atomic E-state index is 6.28. The molecule has 1 heterocycles. The maximum Gasteiger partial charge on any atom is 0.119 e. The molecule has 2 N–H and O–H groups in total. The van der Waals surface area contributed by atoms with E-state index in [4.69, 9.17) is 15.2 Å². The molecule has 4 heteroatoms. The molecule has 1 saturated heterocycles. The summed E-state index contributed by atoms with van der Waals surface area (Å²) >= 11 is 0. The van der Waals surface area contributed by atoms with E-state index in [-0.39, 0.29) is 18.4 Å². The molecule has 1 aromatic rings. The lowest BCUT2D eigenvalue weighted by Gasteiger charge is -2.28. The molecule has 0 spiro atoms. The van der Waals surface area contributed by atoms with Crippen LogP contribution >= 0.6 is 12.4 Å². The largest absolute Gasteiger partial charge is 0.497 e. The monoisotopic (exact) mass is 257 g/mol. The van der Waals surface area contributed by atoms with Crippen molar-refractivity contribution < 1.29 is 9.47 Å². The Balaban J connectivity index is 0.00000144. The zero-order valence-electron chi connectivity index (χ0n) is 10.1. The highest BCUT2D eigenvalue weighted by atomic mass is 35.5. The summed E-state index contributed by atoms with van der Waals surface area (Å²) in [6.07, 6.45) is 2.11. The minimum absolute atomic E-state index is 0. The molecule has 0 saturated carbocycles. The quantitative estimate of drug-likeness (QED) is 0.905. The number of nitrogens with two attached hydrogens (primary N) is 1. The molecule has 0 aliphatic carbocycles. The van der Waals surface area contributed by atoms with Gasteiger partial charge in [-0.15, -0.1) is 12.4 Å². The topological polar surface area (TPSA) is 44.5 Å². The van der Waals surface area contributed by atoms with E-state index in [9.17, 15) is 0 Å². The fourth-order valence-electron chi connectivity index (χ4n) is 2.20. The summed E-state index contributed by atoms with van der Waals surface area (Å²) in [5, 5.41) is 0. The Kier molecular flexibility index (Phi) is 5.75. The van der Waals surface area contributed by atoms with Gasteiger partial charge in [-0.1, -0.05) is 12.1 Å². The zero-order chi connectivity index (χ0) is 11.4. The molecule has 96 valence electrons. The molecular weight excluding hydrogens is 238 g/mol. The van der Waals surface area contributed by atoms with Gasteiger partial charge in [0.25, 0.3) is 0 Å². The Morgan fingerprint density at radius 1 is 1.35 bits per heavy atom. The van der Waals surface area contributed by atoms with Gasteiger partial charge in [0.1, 0.15) is 5.75 Å². The van der Waals surface area contributed by atoms with E-state index in [2.05, 4.69) is 6.07 Å². The predicted octanol–water partition coefficient (Wildman–Crippen LogP) is 2.54. The van der Waals surface area contributed by atoms with Gasteiger partial charge in [-0.3, -0.25) is 0 Å². The van der Waals surface area contributed by atoms with Gasteiger partial charge < -0.3 is 15.2 Å². The summed E-state index contributed by atoms with van der Waals surface area (Å²) in [7, 11) is 1.68. The van der Waals surface area contributed by atoms with Crippen molar-refractivity contribution in [3.63, 3.8) is 0 Å². The second-order valence-corrected chi connectivity index (χ2v) is 4.25. The van der Waals surface area contributed by atoms with Gasteiger partial charge in [0, 0.05) is 19.3 Å². The molecule has 1 aliphatic rings. The molecule has 0 unspecified atom stereocenters. The van der Waals surface area contributed by atoms with Crippen molar-refractivity contribution in [3.05, 3.63) is 29.8 Å². The predicted molar refractivity (Wildman–Crippen MR) is 70.7 cm³/mol. The van der Waals surface area contributed by atoms with E-state index in [1.807, 2.05) is 18.2 Å². The van der Waals surface area contributed by atoms with Crippen molar-refractivity contribution in [2.75, 3.05) is 20.3 Å². The summed E-state index contributed by atoms with van der Waals surface area (Å²) in [6.45, 7) is 1.67. The molecule has 1 fully saturated rings. The highest BCUT2D eigenvalue weighted by molar-refractivity contribution is 5.85. The number of ether oxygens (including phenoxy) is 2. The van der Waals surface area contributed by atoms with E-state index in [1.54, 1.807) is 7.11 Å². The van der Waals surface area contributed by atoms with Crippen molar-refractivity contribution >= 4 is 12.4 Å². The molecule has 0 radical (unpaired) electrons. The first-order valence-corrected chi connectivity index (χ1v) is 5.78. The molecular formula is C13H20ClNO2. The van der Waals surface area contributed by atoms with Crippen molar-refractivity contribution in [1.29, 1.82) is 0 Å². The third kappa shape index (κ3) is 3.60. The second kappa shape index (κ2) is 6.84. The number of methoxy groups -OCH3 is 1. The van der Waals surface area contributed by atoms with E-state index in [0.29, 0.717) is 5.92 Å². The van der Waals surface area contributed by atoms with E-state index in [0.717, 1.165) is 37.4 Å². The van der Waals surface area contributed by atoms with Gasteiger partial charge in [-0.2, -0.15) is 0 Å². The fraction of sp³-hybridized carbons (Fsp3) is 0.538. The van der Waals surface area contributed by atoms with Crippen LogP contribution in [0.15, 0.2) is 24.3 Å². The molecule has 0 amide bonds. The van der Waals surface area contributed by atoms with Gasteiger partial charge in [-0.05, 0) is 36.5 Å². The second-order valence-electron chi connectivity index (χ2n) is 4.25. The summed E-state index contributed by atoms with van der Waals surface area (Å²) in [6, 6.07) is 8.13. The van der Waals surface area contributed by atoms with Crippen LogP contribution in [-0.2, 0) is 4.74 Å². The Hall–Kier alpha value is -0.770. The standard InChI is InChI=1S/C13H19NO2.ClH/c1-15-12-4-2-3-11(9-12)13(14)10-5-7-16-8-6-10;/h2-4,9-10,13H,5-8,14H2,1H3;1H/t13-;/m0./s1. The molecule has 17 heavy (non-hydrogen) atoms. The molecule has 0 aromatic heterocycles. The smallest absolute Gasteiger partial charge is 0.119 e. The lowest BCUT2D eigenvalue weighted by Crippen LogP contribution is -2.27. The lowest BCUT2D eigenvalue weighted by molar-refractivity contribution is 0.0583. The van der Waals surface area contributed by atoms with Gasteiger partial charge in [0.15, 0.2) is 0 Å². The Labute approximate surface area is 109 Å². The summed E-state index contributed by atoms with van der Waals surface area (Å²) in [4.78, 5) is 0. The molecule has 0 bridgehead atoms.